The molecule has 2 rings (SSSR count). The molecule has 1 heterocycles. The molecule has 0 radical (unpaired) electrons. The molecule has 0 saturated carbocycles. The van der Waals surface area contributed by atoms with E-state index in [9.17, 15) is 8.78 Å². The predicted octanol–water partition coefficient (Wildman–Crippen LogP) is 3.10. The Morgan fingerprint density at radius 2 is 1.90 bits per heavy atom. The molecule has 2 nitrogen and oxygen atoms in total. The fourth-order valence-electron chi connectivity index (χ4n) is 3.09. The molecule has 1 saturated heterocycles. The average molecular weight is 282 g/mol. The molecular weight excluding hydrogens is 258 g/mol. The average Bonchev–Trinajstić information content (AvgIpc) is 2.96. The Kier molecular flexibility index (Phi) is 4.76. The van der Waals surface area contributed by atoms with Gasteiger partial charge in [0.15, 0.2) is 11.6 Å². The van der Waals surface area contributed by atoms with E-state index in [1.807, 2.05) is 0 Å². The molecule has 1 fully saturated rings. The summed E-state index contributed by atoms with van der Waals surface area (Å²) in [4.78, 5) is 2.44. The van der Waals surface area contributed by atoms with Crippen LogP contribution in [0.1, 0.15) is 38.7 Å². The summed E-state index contributed by atoms with van der Waals surface area (Å²) in [6.07, 6.45) is 3.96. The van der Waals surface area contributed by atoms with E-state index in [1.54, 1.807) is 6.07 Å². The third-order valence-electron chi connectivity index (χ3n) is 4.78. The second kappa shape index (κ2) is 6.19. The molecule has 1 aromatic rings. The highest BCUT2D eigenvalue weighted by molar-refractivity contribution is 5.20. The number of halogens is 2. The maximum atomic E-state index is 13.3. The van der Waals surface area contributed by atoms with E-state index < -0.39 is 11.6 Å². The first-order valence-electron chi connectivity index (χ1n) is 7.42. The van der Waals surface area contributed by atoms with Crippen LogP contribution in [0.15, 0.2) is 18.2 Å². The molecule has 112 valence electrons. The Morgan fingerprint density at radius 3 is 2.45 bits per heavy atom. The summed E-state index contributed by atoms with van der Waals surface area (Å²) >= 11 is 0. The smallest absolute Gasteiger partial charge is 0.159 e. The van der Waals surface area contributed by atoms with Crippen molar-refractivity contribution in [1.82, 2.24) is 4.90 Å². The van der Waals surface area contributed by atoms with Crippen molar-refractivity contribution >= 4 is 0 Å². The Morgan fingerprint density at radius 1 is 1.25 bits per heavy atom. The highest BCUT2D eigenvalue weighted by Gasteiger charge is 2.37. The van der Waals surface area contributed by atoms with E-state index >= 15 is 0 Å². The Labute approximate surface area is 120 Å². The lowest BCUT2D eigenvalue weighted by Gasteiger charge is -2.43. The van der Waals surface area contributed by atoms with Crippen molar-refractivity contribution < 1.29 is 8.78 Å². The molecule has 0 amide bonds. The zero-order chi connectivity index (χ0) is 14.8. The number of benzene rings is 1. The van der Waals surface area contributed by atoms with E-state index in [2.05, 4.69) is 18.7 Å². The number of likely N-dealkylation sites (tertiary alicyclic amines) is 1. The van der Waals surface area contributed by atoms with Crippen LogP contribution < -0.4 is 5.73 Å². The molecule has 0 aliphatic carbocycles. The molecule has 1 aromatic carbocycles. The van der Waals surface area contributed by atoms with Gasteiger partial charge in [-0.1, -0.05) is 13.0 Å². The van der Waals surface area contributed by atoms with Crippen LogP contribution in [0.2, 0.25) is 0 Å². The second-order valence-electron chi connectivity index (χ2n) is 5.96. The normalized spacial score (nSPS) is 20.9. The van der Waals surface area contributed by atoms with Crippen LogP contribution in [0.5, 0.6) is 0 Å². The molecule has 1 aliphatic rings. The highest BCUT2D eigenvalue weighted by atomic mass is 19.2. The molecule has 1 aliphatic heterocycles. The van der Waals surface area contributed by atoms with Crippen LogP contribution in [0, 0.1) is 11.6 Å². The highest BCUT2D eigenvalue weighted by Crippen LogP contribution is 2.28. The maximum absolute atomic E-state index is 13.3. The number of hydrogen-bond acceptors (Lipinski definition) is 2. The van der Waals surface area contributed by atoms with Gasteiger partial charge in [-0.25, -0.2) is 8.78 Å². The standard InChI is InChI=1S/C16H24F2N2/c1-3-16(2,20-8-4-5-9-20)15(19)11-12-6-7-13(17)14(18)10-12/h6-7,10,15H,3-5,8-9,11,19H2,1-2H3. The topological polar surface area (TPSA) is 29.3 Å². The number of rotatable bonds is 5. The summed E-state index contributed by atoms with van der Waals surface area (Å²) in [6, 6.07) is 3.97. The van der Waals surface area contributed by atoms with E-state index in [0.717, 1.165) is 25.1 Å². The van der Waals surface area contributed by atoms with Gasteiger partial charge in [0.1, 0.15) is 0 Å². The quantitative estimate of drug-likeness (QED) is 0.899. The van der Waals surface area contributed by atoms with Gasteiger partial charge in [-0.2, -0.15) is 0 Å². The van der Waals surface area contributed by atoms with Gasteiger partial charge in [0.25, 0.3) is 0 Å². The number of nitrogens with zero attached hydrogens (tertiary/aromatic N) is 1. The zero-order valence-electron chi connectivity index (χ0n) is 12.3. The van der Waals surface area contributed by atoms with Crippen LogP contribution in [-0.2, 0) is 6.42 Å². The van der Waals surface area contributed by atoms with Gasteiger partial charge in [-0.05, 0) is 63.4 Å². The SMILES string of the molecule is CCC(C)(C(N)Cc1ccc(F)c(F)c1)N1CCCC1. The Hall–Kier alpha value is -1.00. The first-order valence-corrected chi connectivity index (χ1v) is 7.42. The molecule has 2 unspecified atom stereocenters. The maximum Gasteiger partial charge on any atom is 0.159 e. The second-order valence-corrected chi connectivity index (χ2v) is 5.96. The minimum atomic E-state index is -0.805. The van der Waals surface area contributed by atoms with Crippen LogP contribution in [0.3, 0.4) is 0 Å². The third kappa shape index (κ3) is 3.01. The van der Waals surface area contributed by atoms with Gasteiger partial charge < -0.3 is 5.73 Å². The molecule has 20 heavy (non-hydrogen) atoms. The molecule has 0 aromatic heterocycles. The van der Waals surface area contributed by atoms with Gasteiger partial charge in [0.2, 0.25) is 0 Å². The summed E-state index contributed by atoms with van der Waals surface area (Å²) in [5.41, 5.74) is 7.08. The molecular formula is C16H24F2N2. The third-order valence-corrected chi connectivity index (χ3v) is 4.78. The molecule has 2 atom stereocenters. The monoisotopic (exact) mass is 282 g/mol. The van der Waals surface area contributed by atoms with Gasteiger partial charge in [-0.3, -0.25) is 4.90 Å². The molecule has 4 heteroatoms. The fraction of sp³-hybridized carbons (Fsp3) is 0.625. The van der Waals surface area contributed by atoms with Gasteiger partial charge >= 0.3 is 0 Å². The fourth-order valence-corrected chi connectivity index (χ4v) is 3.09. The van der Waals surface area contributed by atoms with Gasteiger partial charge in [0.05, 0.1) is 0 Å². The van der Waals surface area contributed by atoms with Crippen molar-refractivity contribution in [2.24, 2.45) is 5.73 Å². The first-order chi connectivity index (χ1) is 9.47. The number of hydrogen-bond donors (Lipinski definition) is 1. The van der Waals surface area contributed by atoms with E-state index in [0.29, 0.717) is 6.42 Å². The zero-order valence-corrected chi connectivity index (χ0v) is 12.3. The summed E-state index contributed by atoms with van der Waals surface area (Å²) in [6.45, 7) is 6.48. The summed E-state index contributed by atoms with van der Waals surface area (Å²) in [5, 5.41) is 0. The van der Waals surface area contributed by atoms with Crippen LogP contribution in [-0.4, -0.2) is 29.6 Å². The van der Waals surface area contributed by atoms with E-state index in [-0.39, 0.29) is 11.6 Å². The van der Waals surface area contributed by atoms with Crippen LogP contribution in [0.4, 0.5) is 8.78 Å². The Balaban J connectivity index is 2.12. The van der Waals surface area contributed by atoms with Crippen LogP contribution >= 0.6 is 0 Å². The van der Waals surface area contributed by atoms with E-state index in [1.165, 1.54) is 25.0 Å². The van der Waals surface area contributed by atoms with Crippen molar-refractivity contribution in [3.63, 3.8) is 0 Å². The lowest BCUT2D eigenvalue weighted by Crippen LogP contribution is -2.57. The lowest BCUT2D eigenvalue weighted by molar-refractivity contribution is 0.0998. The van der Waals surface area contributed by atoms with E-state index in [4.69, 9.17) is 5.73 Å². The van der Waals surface area contributed by atoms with Crippen molar-refractivity contribution in [2.45, 2.75) is 51.1 Å². The lowest BCUT2D eigenvalue weighted by atomic mass is 9.84. The predicted molar refractivity (Wildman–Crippen MR) is 77.5 cm³/mol. The summed E-state index contributed by atoms with van der Waals surface area (Å²) < 4.78 is 26.3. The largest absolute Gasteiger partial charge is 0.326 e. The summed E-state index contributed by atoms with van der Waals surface area (Å²) in [5.74, 6) is -1.60. The molecule has 0 bridgehead atoms. The van der Waals surface area contributed by atoms with Crippen molar-refractivity contribution in [1.29, 1.82) is 0 Å². The minimum Gasteiger partial charge on any atom is -0.326 e. The van der Waals surface area contributed by atoms with Gasteiger partial charge in [-0.15, -0.1) is 0 Å². The molecule has 0 spiro atoms. The summed E-state index contributed by atoms with van der Waals surface area (Å²) in [7, 11) is 0. The Bertz CT molecular complexity index is 458. The molecule has 2 N–H and O–H groups in total. The van der Waals surface area contributed by atoms with Crippen molar-refractivity contribution in [3.8, 4) is 0 Å². The number of nitrogens with two attached hydrogens (primary N) is 1. The minimum absolute atomic E-state index is 0.0820. The van der Waals surface area contributed by atoms with Gasteiger partial charge in [0, 0.05) is 11.6 Å². The van der Waals surface area contributed by atoms with Crippen molar-refractivity contribution in [3.05, 3.63) is 35.4 Å². The van der Waals surface area contributed by atoms with Crippen molar-refractivity contribution in [2.75, 3.05) is 13.1 Å². The van der Waals surface area contributed by atoms with Crippen LogP contribution in [0.25, 0.3) is 0 Å². The first kappa shape index (κ1) is 15.4.